The third-order valence-corrected chi connectivity index (χ3v) is 9.50. The van der Waals surface area contributed by atoms with Crippen molar-refractivity contribution in [3.05, 3.63) is 68.4 Å². The fraction of sp³-hybridized carbons (Fsp3) is 0.464. The van der Waals surface area contributed by atoms with E-state index in [0.29, 0.717) is 54.0 Å². The molecule has 3 aromatic heterocycles. The molecule has 4 heterocycles. The highest BCUT2D eigenvalue weighted by atomic mass is 32.1. The third-order valence-electron chi connectivity index (χ3n) is 8.21. The molecule has 0 spiro atoms. The average molecular weight is 599 g/mol. The van der Waals surface area contributed by atoms with Crippen LogP contribution in [0, 0.1) is 12.7 Å². The number of fused-ring (bicyclic) bond motifs is 1. The molecule has 6 rings (SSSR count). The lowest BCUT2D eigenvalue weighted by atomic mass is 9.94. The Morgan fingerprint density at radius 2 is 1.83 bits per heavy atom. The van der Waals surface area contributed by atoms with Crippen LogP contribution in [0.25, 0.3) is 15.2 Å². The first-order valence-corrected chi connectivity index (χ1v) is 14.7. The molecule has 0 radical (unpaired) electrons. The summed E-state index contributed by atoms with van der Waals surface area (Å²) in [5.74, 6) is -1.12. The van der Waals surface area contributed by atoms with Crippen LogP contribution in [0.1, 0.15) is 55.4 Å². The second kappa shape index (κ2) is 11.1. The summed E-state index contributed by atoms with van der Waals surface area (Å²) in [6, 6.07) is 2.56. The molecule has 2 aliphatic rings. The molecule has 4 aromatic rings. The van der Waals surface area contributed by atoms with Gasteiger partial charge in [0.15, 0.2) is 0 Å². The molecule has 1 saturated heterocycles. The van der Waals surface area contributed by atoms with Crippen LogP contribution in [0.15, 0.2) is 40.2 Å². The van der Waals surface area contributed by atoms with Crippen molar-refractivity contribution < 1.29 is 24.1 Å². The number of benzene rings is 1. The molecule has 1 aliphatic heterocycles. The summed E-state index contributed by atoms with van der Waals surface area (Å²) >= 11 is 1.15. The summed E-state index contributed by atoms with van der Waals surface area (Å²) in [7, 11) is 1.62. The summed E-state index contributed by atoms with van der Waals surface area (Å²) < 4.78 is 23.3. The van der Waals surface area contributed by atoms with Gasteiger partial charge in [-0.25, -0.2) is 13.8 Å². The second-order valence-corrected chi connectivity index (χ2v) is 11.9. The van der Waals surface area contributed by atoms with E-state index in [0.717, 1.165) is 22.0 Å². The highest BCUT2D eigenvalue weighted by molar-refractivity contribution is 7.21. The van der Waals surface area contributed by atoms with E-state index < -0.39 is 35.3 Å². The van der Waals surface area contributed by atoms with E-state index in [4.69, 9.17) is 4.74 Å². The number of ether oxygens (including phenoxy) is 1. The maximum absolute atomic E-state index is 14.5. The standard InChI is InChI=1S/C28H31FN6O6S/c1-15-23-25(39)34(20-9-12-32(2)24(20)38)28(40)33(27(23)42-26(15)35-30-10-11-31-35)14-22(19-13-16(29)3-8-21(19)37)41-18-6-4-17(36)5-7-18/h3,8,10-11,13,17-18,20,22,36-37H,4-7,9,12,14H2,1-2H3/t17?,18?,20-,22?/m1/s1. The molecule has 1 amide bonds. The van der Waals surface area contributed by atoms with Gasteiger partial charge in [0.1, 0.15) is 33.5 Å². The minimum Gasteiger partial charge on any atom is -0.508 e. The number of carbonyl (C=O) groups is 1. The number of rotatable bonds is 7. The first-order valence-electron chi connectivity index (χ1n) is 13.9. The Balaban J connectivity index is 1.55. The Hall–Kier alpha value is -3.88. The molecule has 1 aliphatic carbocycles. The van der Waals surface area contributed by atoms with E-state index in [1.165, 1.54) is 38.8 Å². The first-order chi connectivity index (χ1) is 20.1. The van der Waals surface area contributed by atoms with Crippen molar-refractivity contribution in [1.29, 1.82) is 0 Å². The van der Waals surface area contributed by atoms with Gasteiger partial charge in [0, 0.05) is 24.7 Å². The highest BCUT2D eigenvalue weighted by Crippen LogP contribution is 2.36. The van der Waals surface area contributed by atoms with Gasteiger partial charge in [-0.3, -0.25) is 14.2 Å². The van der Waals surface area contributed by atoms with Crippen molar-refractivity contribution in [3.63, 3.8) is 0 Å². The van der Waals surface area contributed by atoms with Gasteiger partial charge in [0.05, 0.1) is 36.5 Å². The number of likely N-dealkylation sites (N-methyl/N-ethyl adjacent to an activating group) is 1. The number of halogens is 1. The van der Waals surface area contributed by atoms with Gasteiger partial charge < -0.3 is 19.8 Å². The van der Waals surface area contributed by atoms with Gasteiger partial charge in [0.2, 0.25) is 5.91 Å². The van der Waals surface area contributed by atoms with Crippen LogP contribution in [0.5, 0.6) is 5.75 Å². The Bertz CT molecular complexity index is 1760. The molecular formula is C28H31FN6O6S. The molecule has 2 atom stereocenters. The third kappa shape index (κ3) is 4.92. The summed E-state index contributed by atoms with van der Waals surface area (Å²) in [5.41, 5.74) is -0.590. The topological polar surface area (TPSA) is 145 Å². The van der Waals surface area contributed by atoms with Crippen LogP contribution >= 0.6 is 11.3 Å². The number of aryl methyl sites for hydroxylation is 1. The van der Waals surface area contributed by atoms with Crippen molar-refractivity contribution in [2.45, 2.75) is 69.9 Å². The maximum Gasteiger partial charge on any atom is 0.332 e. The number of phenols is 1. The van der Waals surface area contributed by atoms with E-state index in [1.807, 2.05) is 0 Å². The fourth-order valence-electron chi connectivity index (χ4n) is 5.92. The van der Waals surface area contributed by atoms with Gasteiger partial charge in [-0.2, -0.15) is 10.2 Å². The molecule has 1 saturated carbocycles. The van der Waals surface area contributed by atoms with Crippen LogP contribution in [-0.2, 0) is 16.1 Å². The summed E-state index contributed by atoms with van der Waals surface area (Å²) in [4.78, 5) is 44.3. The number of amides is 1. The van der Waals surface area contributed by atoms with Gasteiger partial charge in [-0.15, -0.1) is 4.80 Å². The number of aromatic nitrogens is 5. The summed E-state index contributed by atoms with van der Waals surface area (Å²) in [6.07, 6.45) is 3.73. The average Bonchev–Trinajstić information content (AvgIpc) is 3.69. The molecule has 2 fully saturated rings. The predicted octanol–water partition coefficient (Wildman–Crippen LogP) is 2.42. The normalized spacial score (nSPS) is 21.9. The number of aliphatic hydroxyl groups excluding tert-OH is 1. The fourth-order valence-corrected chi connectivity index (χ4v) is 7.14. The molecular weight excluding hydrogens is 567 g/mol. The Kier molecular flexibility index (Phi) is 7.45. The highest BCUT2D eigenvalue weighted by Gasteiger charge is 2.36. The van der Waals surface area contributed by atoms with Crippen LogP contribution < -0.4 is 11.2 Å². The molecule has 42 heavy (non-hydrogen) atoms. The predicted molar refractivity (Wildman–Crippen MR) is 151 cm³/mol. The van der Waals surface area contributed by atoms with Crippen molar-refractivity contribution >= 4 is 27.5 Å². The zero-order valence-corrected chi connectivity index (χ0v) is 24.0. The molecule has 14 heteroatoms. The lowest BCUT2D eigenvalue weighted by molar-refractivity contribution is -0.129. The number of aromatic hydroxyl groups is 1. The van der Waals surface area contributed by atoms with E-state index >= 15 is 0 Å². The largest absolute Gasteiger partial charge is 0.508 e. The monoisotopic (exact) mass is 598 g/mol. The number of hydrogen-bond acceptors (Lipinski definition) is 9. The van der Waals surface area contributed by atoms with E-state index in [-0.39, 0.29) is 35.3 Å². The number of thiophene rings is 1. The number of likely N-dealkylation sites (tertiary alicyclic amines) is 1. The van der Waals surface area contributed by atoms with Crippen LogP contribution in [0.2, 0.25) is 0 Å². The zero-order chi connectivity index (χ0) is 29.7. The minimum atomic E-state index is -0.983. The van der Waals surface area contributed by atoms with Gasteiger partial charge in [-0.1, -0.05) is 11.3 Å². The second-order valence-electron chi connectivity index (χ2n) is 10.9. The van der Waals surface area contributed by atoms with E-state index in [2.05, 4.69) is 10.2 Å². The maximum atomic E-state index is 14.5. The van der Waals surface area contributed by atoms with Gasteiger partial charge in [0.25, 0.3) is 5.56 Å². The molecule has 12 nitrogen and oxygen atoms in total. The van der Waals surface area contributed by atoms with Crippen molar-refractivity contribution in [2.24, 2.45) is 0 Å². The molecule has 2 N–H and O–H groups in total. The number of hydrogen-bond donors (Lipinski definition) is 2. The van der Waals surface area contributed by atoms with Crippen LogP contribution in [-0.4, -0.2) is 70.9 Å². The van der Waals surface area contributed by atoms with E-state index in [1.54, 1.807) is 14.0 Å². The summed E-state index contributed by atoms with van der Waals surface area (Å²) in [5, 5.41) is 29.9. The Morgan fingerprint density at radius 3 is 2.50 bits per heavy atom. The minimum absolute atomic E-state index is 0.151. The Labute approximate surface area is 243 Å². The van der Waals surface area contributed by atoms with Crippen molar-refractivity contribution in [2.75, 3.05) is 13.6 Å². The molecule has 222 valence electrons. The SMILES string of the molecule is Cc1c(-n2nccn2)sc2c1c(=O)n([C@@H]1CCN(C)C1=O)c(=O)n2CC(OC1CCC(O)CC1)c1cc(F)ccc1O. The van der Waals surface area contributed by atoms with Crippen LogP contribution in [0.3, 0.4) is 0 Å². The Morgan fingerprint density at radius 1 is 1.12 bits per heavy atom. The molecule has 1 unspecified atom stereocenters. The summed E-state index contributed by atoms with van der Waals surface area (Å²) in [6.45, 7) is 1.96. The number of carbonyl (C=O) groups excluding carboxylic acids is 1. The first kappa shape index (κ1) is 28.2. The van der Waals surface area contributed by atoms with Crippen LogP contribution in [0.4, 0.5) is 4.39 Å². The quantitative estimate of drug-likeness (QED) is 0.330. The lowest BCUT2D eigenvalue weighted by Gasteiger charge is -2.30. The van der Waals surface area contributed by atoms with Crippen molar-refractivity contribution in [3.8, 4) is 10.8 Å². The molecule has 1 aromatic carbocycles. The zero-order valence-electron chi connectivity index (χ0n) is 23.1. The van der Waals surface area contributed by atoms with Gasteiger partial charge in [-0.05, 0) is 57.2 Å². The lowest BCUT2D eigenvalue weighted by Crippen LogP contribution is -2.45. The van der Waals surface area contributed by atoms with Crippen molar-refractivity contribution in [1.82, 2.24) is 29.0 Å². The number of nitrogens with zero attached hydrogens (tertiary/aromatic N) is 6. The number of phenolic OH excluding ortho intramolecular Hbond substituents is 1. The van der Waals surface area contributed by atoms with Gasteiger partial charge >= 0.3 is 5.69 Å². The smallest absolute Gasteiger partial charge is 0.332 e. The molecule has 0 bridgehead atoms. The van der Waals surface area contributed by atoms with E-state index in [9.17, 15) is 29.0 Å². The number of aliphatic hydroxyl groups is 1.